The van der Waals surface area contributed by atoms with Crippen molar-refractivity contribution >= 4 is 16.5 Å². The van der Waals surface area contributed by atoms with Crippen molar-refractivity contribution in [2.45, 2.75) is 33.6 Å². The average Bonchev–Trinajstić information content (AvgIpc) is 2.74. The standard InChI is InChI=1S/C11H16N4OS/c1-11(2,3)5-8-14-9(16-15-8)4-7-6-17-10(12)13-7/h6H,4-5H2,1-3H3,(H2,12,13). The maximum absolute atomic E-state index is 5.56. The summed E-state index contributed by atoms with van der Waals surface area (Å²) in [6, 6.07) is 0. The van der Waals surface area contributed by atoms with Gasteiger partial charge in [0.1, 0.15) is 0 Å². The Kier molecular flexibility index (Phi) is 3.15. The van der Waals surface area contributed by atoms with Crippen LogP contribution >= 0.6 is 11.3 Å². The van der Waals surface area contributed by atoms with E-state index in [2.05, 4.69) is 35.9 Å². The van der Waals surface area contributed by atoms with Crippen molar-refractivity contribution in [2.75, 3.05) is 5.73 Å². The van der Waals surface area contributed by atoms with Crippen molar-refractivity contribution < 1.29 is 4.52 Å². The molecule has 0 fully saturated rings. The van der Waals surface area contributed by atoms with Crippen LogP contribution in [0.1, 0.15) is 38.2 Å². The third-order valence-corrected chi connectivity index (χ3v) is 2.82. The first kappa shape index (κ1) is 12.0. The van der Waals surface area contributed by atoms with Gasteiger partial charge in [0.25, 0.3) is 0 Å². The maximum Gasteiger partial charge on any atom is 0.232 e. The lowest BCUT2D eigenvalue weighted by atomic mass is 9.92. The number of nitrogen functional groups attached to an aromatic ring is 1. The molecule has 2 rings (SSSR count). The molecule has 0 saturated carbocycles. The van der Waals surface area contributed by atoms with Gasteiger partial charge in [0.15, 0.2) is 11.0 Å². The van der Waals surface area contributed by atoms with Gasteiger partial charge < -0.3 is 10.3 Å². The summed E-state index contributed by atoms with van der Waals surface area (Å²) >= 11 is 1.42. The lowest BCUT2D eigenvalue weighted by molar-refractivity contribution is 0.357. The summed E-state index contributed by atoms with van der Waals surface area (Å²) in [5, 5.41) is 6.43. The Morgan fingerprint density at radius 2 is 2.12 bits per heavy atom. The van der Waals surface area contributed by atoms with Crippen molar-refractivity contribution in [1.29, 1.82) is 0 Å². The molecule has 0 bridgehead atoms. The average molecular weight is 252 g/mol. The molecule has 2 heterocycles. The van der Waals surface area contributed by atoms with Crippen LogP contribution in [-0.4, -0.2) is 15.1 Å². The summed E-state index contributed by atoms with van der Waals surface area (Å²) in [6.07, 6.45) is 1.35. The Morgan fingerprint density at radius 1 is 1.35 bits per heavy atom. The van der Waals surface area contributed by atoms with Crippen LogP contribution in [0.15, 0.2) is 9.90 Å². The van der Waals surface area contributed by atoms with E-state index in [-0.39, 0.29) is 5.41 Å². The Balaban J connectivity index is 2.03. The molecule has 17 heavy (non-hydrogen) atoms. The maximum atomic E-state index is 5.56. The van der Waals surface area contributed by atoms with Gasteiger partial charge in [-0.05, 0) is 5.41 Å². The zero-order chi connectivity index (χ0) is 12.5. The number of hydrogen-bond acceptors (Lipinski definition) is 6. The van der Waals surface area contributed by atoms with Crippen LogP contribution in [0.2, 0.25) is 0 Å². The molecule has 5 nitrogen and oxygen atoms in total. The number of aromatic nitrogens is 3. The summed E-state index contributed by atoms with van der Waals surface area (Å²) in [7, 11) is 0. The van der Waals surface area contributed by atoms with Gasteiger partial charge in [-0.25, -0.2) is 4.98 Å². The first-order valence-electron chi connectivity index (χ1n) is 5.44. The number of nitrogens with two attached hydrogens (primary N) is 1. The van der Waals surface area contributed by atoms with Gasteiger partial charge in [-0.3, -0.25) is 0 Å². The lowest BCUT2D eigenvalue weighted by Crippen LogP contribution is -2.10. The summed E-state index contributed by atoms with van der Waals surface area (Å²) in [4.78, 5) is 8.50. The van der Waals surface area contributed by atoms with E-state index in [1.54, 1.807) is 0 Å². The summed E-state index contributed by atoms with van der Waals surface area (Å²) < 4.78 is 5.19. The second-order valence-electron chi connectivity index (χ2n) is 5.20. The Bertz CT molecular complexity index is 498. The van der Waals surface area contributed by atoms with Crippen LogP contribution in [0.5, 0.6) is 0 Å². The fourth-order valence-corrected chi connectivity index (χ4v) is 2.03. The largest absolute Gasteiger partial charge is 0.375 e. The zero-order valence-corrected chi connectivity index (χ0v) is 11.0. The van der Waals surface area contributed by atoms with Gasteiger partial charge in [-0.1, -0.05) is 25.9 Å². The summed E-state index contributed by atoms with van der Waals surface area (Å²) in [6.45, 7) is 6.43. The molecule has 0 atom stereocenters. The van der Waals surface area contributed by atoms with E-state index in [0.717, 1.165) is 17.9 Å². The molecule has 92 valence electrons. The number of thiazole rings is 1. The third-order valence-electron chi connectivity index (χ3n) is 2.10. The lowest BCUT2D eigenvalue weighted by Gasteiger charge is -2.14. The van der Waals surface area contributed by atoms with Crippen molar-refractivity contribution in [2.24, 2.45) is 5.41 Å². The van der Waals surface area contributed by atoms with Gasteiger partial charge >= 0.3 is 0 Å². The Labute approximate surface area is 104 Å². The van der Waals surface area contributed by atoms with Gasteiger partial charge in [0.05, 0.1) is 12.1 Å². The molecule has 2 aromatic rings. The Morgan fingerprint density at radius 3 is 2.71 bits per heavy atom. The van der Waals surface area contributed by atoms with E-state index in [0.29, 0.717) is 17.4 Å². The highest BCUT2D eigenvalue weighted by molar-refractivity contribution is 7.13. The predicted molar refractivity (Wildman–Crippen MR) is 66.8 cm³/mol. The second-order valence-corrected chi connectivity index (χ2v) is 6.09. The van der Waals surface area contributed by atoms with Crippen LogP contribution in [0.3, 0.4) is 0 Å². The first-order valence-corrected chi connectivity index (χ1v) is 6.32. The normalized spacial score (nSPS) is 11.9. The quantitative estimate of drug-likeness (QED) is 0.906. The van der Waals surface area contributed by atoms with Gasteiger partial charge in [-0.15, -0.1) is 11.3 Å². The Hall–Kier alpha value is -1.43. The van der Waals surface area contributed by atoms with Gasteiger partial charge in [-0.2, -0.15) is 4.98 Å². The van der Waals surface area contributed by atoms with Crippen molar-refractivity contribution in [3.05, 3.63) is 22.8 Å². The highest BCUT2D eigenvalue weighted by Crippen LogP contribution is 2.19. The number of anilines is 1. The molecule has 2 aromatic heterocycles. The first-order chi connectivity index (χ1) is 7.92. The minimum Gasteiger partial charge on any atom is -0.375 e. The van der Waals surface area contributed by atoms with Gasteiger partial charge in [0.2, 0.25) is 5.89 Å². The van der Waals surface area contributed by atoms with Crippen LogP contribution in [0.25, 0.3) is 0 Å². The number of rotatable bonds is 3. The SMILES string of the molecule is CC(C)(C)Cc1noc(Cc2csc(N)n2)n1. The molecule has 0 unspecified atom stereocenters. The number of nitrogens with zero attached hydrogens (tertiary/aromatic N) is 3. The van der Waals surface area contributed by atoms with Crippen LogP contribution < -0.4 is 5.73 Å². The van der Waals surface area contributed by atoms with E-state index < -0.39 is 0 Å². The molecular weight excluding hydrogens is 236 g/mol. The fraction of sp³-hybridized carbons (Fsp3) is 0.545. The summed E-state index contributed by atoms with van der Waals surface area (Å²) in [5.41, 5.74) is 6.59. The number of hydrogen-bond donors (Lipinski definition) is 1. The van der Waals surface area contributed by atoms with E-state index in [4.69, 9.17) is 10.3 Å². The molecule has 0 aromatic carbocycles. The van der Waals surface area contributed by atoms with E-state index in [9.17, 15) is 0 Å². The van der Waals surface area contributed by atoms with E-state index >= 15 is 0 Å². The molecule has 0 saturated heterocycles. The molecule has 0 aliphatic rings. The molecule has 0 radical (unpaired) electrons. The minimum atomic E-state index is 0.159. The van der Waals surface area contributed by atoms with Crippen LogP contribution in [0, 0.1) is 5.41 Å². The van der Waals surface area contributed by atoms with E-state index in [1.165, 1.54) is 11.3 Å². The molecule has 6 heteroatoms. The van der Waals surface area contributed by atoms with Crippen LogP contribution in [0.4, 0.5) is 5.13 Å². The third kappa shape index (κ3) is 3.52. The molecule has 0 aliphatic carbocycles. The predicted octanol–water partition coefficient (Wildman–Crippen LogP) is 2.29. The zero-order valence-electron chi connectivity index (χ0n) is 10.2. The fourth-order valence-electron chi connectivity index (χ4n) is 1.47. The van der Waals surface area contributed by atoms with Gasteiger partial charge in [0, 0.05) is 11.8 Å². The van der Waals surface area contributed by atoms with Crippen molar-refractivity contribution in [1.82, 2.24) is 15.1 Å². The van der Waals surface area contributed by atoms with Crippen LogP contribution in [-0.2, 0) is 12.8 Å². The minimum absolute atomic E-state index is 0.159. The van der Waals surface area contributed by atoms with Crippen molar-refractivity contribution in [3.63, 3.8) is 0 Å². The highest BCUT2D eigenvalue weighted by atomic mass is 32.1. The molecule has 2 N–H and O–H groups in total. The smallest absolute Gasteiger partial charge is 0.232 e. The summed E-state index contributed by atoms with van der Waals surface area (Å²) in [5.74, 6) is 1.34. The van der Waals surface area contributed by atoms with Crippen molar-refractivity contribution in [3.8, 4) is 0 Å². The molecule has 0 aliphatic heterocycles. The monoisotopic (exact) mass is 252 g/mol. The molecular formula is C11H16N4OS. The topological polar surface area (TPSA) is 77.8 Å². The molecule has 0 spiro atoms. The highest BCUT2D eigenvalue weighted by Gasteiger charge is 2.16. The second kappa shape index (κ2) is 4.44. The molecule has 0 amide bonds. The van der Waals surface area contributed by atoms with E-state index in [1.807, 2.05) is 5.38 Å².